The third-order valence-corrected chi connectivity index (χ3v) is 5.28. The molecular formula is C19H26ClN3O2. The Balaban J connectivity index is 1.41. The molecule has 3 rings (SSSR count). The predicted molar refractivity (Wildman–Crippen MR) is 98.4 cm³/mol. The van der Waals surface area contributed by atoms with Crippen molar-refractivity contribution in [2.24, 2.45) is 0 Å². The first-order valence-electron chi connectivity index (χ1n) is 9.17. The summed E-state index contributed by atoms with van der Waals surface area (Å²) in [6, 6.07) is 8.19. The maximum absolute atomic E-state index is 12.2. The van der Waals surface area contributed by atoms with Gasteiger partial charge in [0.25, 0.3) is 0 Å². The van der Waals surface area contributed by atoms with Gasteiger partial charge in [-0.3, -0.25) is 14.5 Å². The van der Waals surface area contributed by atoms with E-state index < -0.39 is 0 Å². The van der Waals surface area contributed by atoms with E-state index in [-0.39, 0.29) is 17.9 Å². The fraction of sp³-hybridized carbons (Fsp3) is 0.579. The standard InChI is InChI=1S/C19H26ClN3O2/c20-16-6-1-5-15(13-16)17-7-2-11-23(17)14-18(24)21-9-4-12-22-10-3-8-19(22)25/h1,5-6,13,17H,2-4,7-12,14H2,(H,21,24). The number of hydrogen-bond acceptors (Lipinski definition) is 3. The number of nitrogens with one attached hydrogen (secondary N) is 1. The number of amides is 2. The number of carbonyl (C=O) groups excluding carboxylic acids is 2. The molecule has 2 aliphatic rings. The number of likely N-dealkylation sites (tertiary alicyclic amines) is 2. The molecule has 2 amide bonds. The Kier molecular flexibility index (Phi) is 6.32. The number of nitrogens with zero attached hydrogens (tertiary/aromatic N) is 2. The summed E-state index contributed by atoms with van der Waals surface area (Å²) >= 11 is 6.10. The maximum atomic E-state index is 12.2. The molecule has 0 saturated carbocycles. The molecule has 2 heterocycles. The molecule has 1 N–H and O–H groups in total. The van der Waals surface area contributed by atoms with Crippen molar-refractivity contribution in [3.63, 3.8) is 0 Å². The number of rotatable bonds is 7. The van der Waals surface area contributed by atoms with Gasteiger partial charge in [-0.25, -0.2) is 0 Å². The summed E-state index contributed by atoms with van der Waals surface area (Å²) in [6.45, 7) is 3.58. The Bertz CT molecular complexity index is 622. The van der Waals surface area contributed by atoms with Crippen molar-refractivity contribution in [3.05, 3.63) is 34.9 Å². The molecule has 0 radical (unpaired) electrons. The zero-order chi connectivity index (χ0) is 17.6. The van der Waals surface area contributed by atoms with Crippen LogP contribution in [0.4, 0.5) is 0 Å². The van der Waals surface area contributed by atoms with Gasteiger partial charge in [0.15, 0.2) is 0 Å². The molecule has 0 bridgehead atoms. The zero-order valence-corrected chi connectivity index (χ0v) is 15.3. The Labute approximate surface area is 154 Å². The van der Waals surface area contributed by atoms with Crippen LogP contribution < -0.4 is 5.32 Å². The van der Waals surface area contributed by atoms with Crippen molar-refractivity contribution in [3.8, 4) is 0 Å². The third kappa shape index (κ3) is 4.95. The second-order valence-corrected chi connectivity index (χ2v) is 7.31. The lowest BCUT2D eigenvalue weighted by atomic mass is 10.0. The minimum absolute atomic E-state index is 0.0571. The van der Waals surface area contributed by atoms with Gasteiger partial charge in [-0.15, -0.1) is 0 Å². The van der Waals surface area contributed by atoms with Crippen LogP contribution in [0.2, 0.25) is 5.02 Å². The van der Waals surface area contributed by atoms with Crippen LogP contribution >= 0.6 is 11.6 Å². The van der Waals surface area contributed by atoms with Crippen LogP contribution in [0.15, 0.2) is 24.3 Å². The second-order valence-electron chi connectivity index (χ2n) is 6.87. The largest absolute Gasteiger partial charge is 0.355 e. The van der Waals surface area contributed by atoms with Crippen LogP contribution in [0.3, 0.4) is 0 Å². The molecule has 1 atom stereocenters. The molecule has 0 aliphatic carbocycles. The van der Waals surface area contributed by atoms with Gasteiger partial charge in [0.1, 0.15) is 0 Å². The van der Waals surface area contributed by atoms with Crippen molar-refractivity contribution < 1.29 is 9.59 Å². The molecule has 2 fully saturated rings. The van der Waals surface area contributed by atoms with Gasteiger partial charge in [0.05, 0.1) is 6.54 Å². The Morgan fingerprint density at radius 1 is 1.28 bits per heavy atom. The van der Waals surface area contributed by atoms with Crippen molar-refractivity contribution >= 4 is 23.4 Å². The highest BCUT2D eigenvalue weighted by molar-refractivity contribution is 6.30. The van der Waals surface area contributed by atoms with E-state index in [1.54, 1.807) is 0 Å². The first-order chi connectivity index (χ1) is 12.1. The summed E-state index contributed by atoms with van der Waals surface area (Å²) in [4.78, 5) is 27.9. The van der Waals surface area contributed by atoms with Crippen molar-refractivity contribution in [2.45, 2.75) is 38.1 Å². The lowest BCUT2D eigenvalue weighted by Gasteiger charge is -2.24. The van der Waals surface area contributed by atoms with E-state index >= 15 is 0 Å². The normalized spacial score (nSPS) is 21.1. The Hall–Kier alpha value is -1.59. The average molecular weight is 364 g/mol. The highest BCUT2D eigenvalue weighted by atomic mass is 35.5. The molecule has 0 spiro atoms. The molecule has 136 valence electrons. The highest BCUT2D eigenvalue weighted by Crippen LogP contribution is 2.32. The van der Waals surface area contributed by atoms with E-state index in [1.165, 1.54) is 5.56 Å². The molecule has 25 heavy (non-hydrogen) atoms. The quantitative estimate of drug-likeness (QED) is 0.757. The molecular weight excluding hydrogens is 338 g/mol. The van der Waals surface area contributed by atoms with E-state index in [9.17, 15) is 9.59 Å². The van der Waals surface area contributed by atoms with E-state index in [1.807, 2.05) is 23.1 Å². The summed E-state index contributed by atoms with van der Waals surface area (Å²) < 4.78 is 0. The third-order valence-electron chi connectivity index (χ3n) is 5.04. The van der Waals surface area contributed by atoms with Gasteiger partial charge in [-0.05, 0) is 49.9 Å². The van der Waals surface area contributed by atoms with Crippen molar-refractivity contribution in [1.29, 1.82) is 0 Å². The van der Waals surface area contributed by atoms with Crippen molar-refractivity contribution in [2.75, 3.05) is 32.7 Å². The molecule has 1 aromatic carbocycles. The number of benzene rings is 1. The van der Waals surface area contributed by atoms with Crippen LogP contribution in [0, 0.1) is 0 Å². The molecule has 6 heteroatoms. The van der Waals surface area contributed by atoms with Gasteiger partial charge >= 0.3 is 0 Å². The van der Waals surface area contributed by atoms with Gasteiger partial charge in [0, 0.05) is 37.1 Å². The smallest absolute Gasteiger partial charge is 0.234 e. The highest BCUT2D eigenvalue weighted by Gasteiger charge is 2.27. The SMILES string of the molecule is O=C(CN1CCCC1c1cccc(Cl)c1)NCCCN1CCCC1=O. The minimum Gasteiger partial charge on any atom is -0.355 e. The summed E-state index contributed by atoms with van der Waals surface area (Å²) in [5.41, 5.74) is 1.19. The van der Waals surface area contributed by atoms with Gasteiger partial charge in [-0.2, -0.15) is 0 Å². The summed E-state index contributed by atoms with van der Waals surface area (Å²) in [6.07, 6.45) is 4.61. The van der Waals surface area contributed by atoms with Gasteiger partial charge < -0.3 is 10.2 Å². The van der Waals surface area contributed by atoms with Gasteiger partial charge in [0.2, 0.25) is 11.8 Å². The lowest BCUT2D eigenvalue weighted by molar-refractivity contribution is -0.127. The van der Waals surface area contributed by atoms with E-state index in [0.717, 1.165) is 50.3 Å². The fourth-order valence-corrected chi connectivity index (χ4v) is 3.98. The van der Waals surface area contributed by atoms with Crippen LogP contribution in [-0.4, -0.2) is 54.3 Å². The number of carbonyl (C=O) groups is 2. The lowest BCUT2D eigenvalue weighted by Crippen LogP contribution is -2.38. The van der Waals surface area contributed by atoms with E-state index in [4.69, 9.17) is 11.6 Å². The monoisotopic (exact) mass is 363 g/mol. The molecule has 1 aromatic rings. The van der Waals surface area contributed by atoms with Gasteiger partial charge in [-0.1, -0.05) is 23.7 Å². The summed E-state index contributed by atoms with van der Waals surface area (Å²) in [7, 11) is 0. The second kappa shape index (κ2) is 8.68. The average Bonchev–Trinajstić information content (AvgIpc) is 3.21. The van der Waals surface area contributed by atoms with Crippen LogP contribution in [0.25, 0.3) is 0 Å². The minimum atomic E-state index is 0.0571. The molecule has 0 aromatic heterocycles. The Morgan fingerprint density at radius 2 is 2.16 bits per heavy atom. The number of hydrogen-bond donors (Lipinski definition) is 1. The molecule has 2 saturated heterocycles. The fourth-order valence-electron chi connectivity index (χ4n) is 3.79. The van der Waals surface area contributed by atoms with E-state index in [0.29, 0.717) is 19.5 Å². The number of halogens is 1. The maximum Gasteiger partial charge on any atom is 0.234 e. The molecule has 2 aliphatic heterocycles. The topological polar surface area (TPSA) is 52.7 Å². The van der Waals surface area contributed by atoms with Crippen LogP contribution in [0.1, 0.15) is 43.7 Å². The van der Waals surface area contributed by atoms with Crippen molar-refractivity contribution in [1.82, 2.24) is 15.1 Å². The summed E-state index contributed by atoms with van der Waals surface area (Å²) in [5, 5.41) is 3.73. The molecule has 1 unspecified atom stereocenters. The zero-order valence-electron chi connectivity index (χ0n) is 14.5. The van der Waals surface area contributed by atoms with E-state index in [2.05, 4.69) is 16.3 Å². The van der Waals surface area contributed by atoms with Crippen LogP contribution in [0.5, 0.6) is 0 Å². The summed E-state index contributed by atoms with van der Waals surface area (Å²) in [5.74, 6) is 0.300. The first-order valence-corrected chi connectivity index (χ1v) is 9.55. The van der Waals surface area contributed by atoms with Crippen LogP contribution in [-0.2, 0) is 9.59 Å². The Morgan fingerprint density at radius 3 is 2.92 bits per heavy atom. The first kappa shape index (κ1) is 18.2. The molecule has 5 nitrogen and oxygen atoms in total. The predicted octanol–water partition coefficient (Wildman–Crippen LogP) is 2.61.